The molecule has 1 saturated heterocycles. The van der Waals surface area contributed by atoms with Crippen molar-refractivity contribution in [3.05, 3.63) is 32.4 Å². The molecular formula is C13H16ClIN2O. The van der Waals surface area contributed by atoms with E-state index in [4.69, 9.17) is 11.6 Å². The molecule has 0 radical (unpaired) electrons. The number of likely N-dealkylation sites (tertiary alicyclic amines) is 1. The summed E-state index contributed by atoms with van der Waals surface area (Å²) in [6, 6.07) is 5.94. The lowest BCUT2D eigenvalue weighted by Crippen LogP contribution is -2.47. The van der Waals surface area contributed by atoms with Crippen LogP contribution < -0.4 is 5.32 Å². The minimum absolute atomic E-state index is 0.0402. The summed E-state index contributed by atoms with van der Waals surface area (Å²) in [6.45, 7) is 1.58. The van der Waals surface area contributed by atoms with Crippen LogP contribution in [0, 0.1) is 3.57 Å². The summed E-state index contributed by atoms with van der Waals surface area (Å²) in [5, 5.41) is 3.77. The normalized spacial score (nSPS) is 19.9. The molecule has 0 spiro atoms. The van der Waals surface area contributed by atoms with Crippen molar-refractivity contribution < 1.29 is 4.79 Å². The Morgan fingerprint density at radius 1 is 1.56 bits per heavy atom. The SMILES string of the molecule is CNC1CCCN(C(=O)c2cc(I)ccc2Cl)C1. The van der Waals surface area contributed by atoms with Crippen LogP contribution in [0.1, 0.15) is 23.2 Å². The number of carbonyl (C=O) groups excluding carboxylic acids is 1. The van der Waals surface area contributed by atoms with Crippen molar-refractivity contribution in [1.29, 1.82) is 0 Å². The maximum absolute atomic E-state index is 12.4. The molecule has 1 N–H and O–H groups in total. The molecule has 2 rings (SSSR count). The van der Waals surface area contributed by atoms with Crippen LogP contribution in [0.15, 0.2) is 18.2 Å². The Hall–Kier alpha value is -0.330. The highest BCUT2D eigenvalue weighted by Gasteiger charge is 2.24. The molecule has 0 aromatic heterocycles. The lowest BCUT2D eigenvalue weighted by Gasteiger charge is -2.32. The quantitative estimate of drug-likeness (QED) is 0.803. The summed E-state index contributed by atoms with van der Waals surface area (Å²) < 4.78 is 1.03. The third-order valence-corrected chi connectivity index (χ3v) is 4.28. The van der Waals surface area contributed by atoms with Crippen LogP contribution in [0.4, 0.5) is 0 Å². The minimum atomic E-state index is 0.0402. The van der Waals surface area contributed by atoms with Gasteiger partial charge in [-0.05, 0) is 60.7 Å². The number of nitrogens with one attached hydrogen (secondary N) is 1. The number of hydrogen-bond acceptors (Lipinski definition) is 2. The van der Waals surface area contributed by atoms with Gasteiger partial charge in [-0.15, -0.1) is 0 Å². The second-order valence-corrected chi connectivity index (χ2v) is 6.16. The first-order chi connectivity index (χ1) is 8.61. The Bertz CT molecular complexity index is 453. The number of carbonyl (C=O) groups is 1. The van der Waals surface area contributed by atoms with Gasteiger partial charge in [0.05, 0.1) is 10.6 Å². The highest BCUT2D eigenvalue weighted by Crippen LogP contribution is 2.22. The van der Waals surface area contributed by atoms with Gasteiger partial charge in [0.2, 0.25) is 0 Å². The zero-order valence-electron chi connectivity index (χ0n) is 10.2. The van der Waals surface area contributed by atoms with Crippen LogP contribution in [-0.2, 0) is 0 Å². The molecule has 18 heavy (non-hydrogen) atoms. The molecule has 98 valence electrons. The Labute approximate surface area is 126 Å². The summed E-state index contributed by atoms with van der Waals surface area (Å²) in [5.74, 6) is 0.0402. The van der Waals surface area contributed by atoms with Crippen LogP contribution in [0.2, 0.25) is 5.02 Å². The first-order valence-electron chi connectivity index (χ1n) is 6.03. The summed E-state index contributed by atoms with van der Waals surface area (Å²) in [7, 11) is 1.94. The molecular weight excluding hydrogens is 363 g/mol. The van der Waals surface area contributed by atoms with Crippen LogP contribution in [0.25, 0.3) is 0 Å². The van der Waals surface area contributed by atoms with Gasteiger partial charge >= 0.3 is 0 Å². The van der Waals surface area contributed by atoms with E-state index in [0.29, 0.717) is 16.6 Å². The number of amides is 1. The zero-order valence-corrected chi connectivity index (χ0v) is 13.2. The first kappa shape index (κ1) is 14.1. The summed E-state index contributed by atoms with van der Waals surface area (Å²) in [6.07, 6.45) is 2.17. The average Bonchev–Trinajstić information content (AvgIpc) is 2.41. The molecule has 5 heteroatoms. The minimum Gasteiger partial charge on any atom is -0.337 e. The largest absolute Gasteiger partial charge is 0.337 e. The fourth-order valence-electron chi connectivity index (χ4n) is 2.23. The fourth-order valence-corrected chi connectivity index (χ4v) is 2.92. The van der Waals surface area contributed by atoms with E-state index in [2.05, 4.69) is 27.9 Å². The van der Waals surface area contributed by atoms with Crippen LogP contribution in [-0.4, -0.2) is 37.0 Å². The molecule has 0 saturated carbocycles. The van der Waals surface area contributed by atoms with Crippen LogP contribution >= 0.6 is 34.2 Å². The second-order valence-electron chi connectivity index (χ2n) is 4.50. The van der Waals surface area contributed by atoms with Gasteiger partial charge in [-0.25, -0.2) is 0 Å². The van der Waals surface area contributed by atoms with Gasteiger partial charge < -0.3 is 10.2 Å². The molecule has 1 fully saturated rings. The predicted molar refractivity (Wildman–Crippen MR) is 82.2 cm³/mol. The van der Waals surface area contributed by atoms with Crippen LogP contribution in [0.5, 0.6) is 0 Å². The average molecular weight is 379 g/mol. The predicted octanol–water partition coefficient (Wildman–Crippen LogP) is 2.77. The van der Waals surface area contributed by atoms with E-state index in [1.165, 1.54) is 0 Å². The monoisotopic (exact) mass is 378 g/mol. The molecule has 1 aliphatic heterocycles. The zero-order chi connectivity index (χ0) is 13.1. The van der Waals surface area contributed by atoms with Gasteiger partial charge in [-0.2, -0.15) is 0 Å². The number of likely N-dealkylation sites (N-methyl/N-ethyl adjacent to an activating group) is 1. The number of nitrogens with zero attached hydrogens (tertiary/aromatic N) is 1. The molecule has 1 aromatic rings. The van der Waals surface area contributed by atoms with Gasteiger partial charge in [0, 0.05) is 22.7 Å². The molecule has 1 unspecified atom stereocenters. The Morgan fingerprint density at radius 3 is 3.06 bits per heavy atom. The molecule has 1 amide bonds. The van der Waals surface area contributed by atoms with E-state index in [1.807, 2.05) is 24.1 Å². The Kier molecular flexibility index (Phi) is 4.86. The van der Waals surface area contributed by atoms with Crippen molar-refractivity contribution in [3.8, 4) is 0 Å². The maximum atomic E-state index is 12.4. The van der Waals surface area contributed by atoms with Crippen molar-refractivity contribution in [2.75, 3.05) is 20.1 Å². The van der Waals surface area contributed by atoms with Gasteiger partial charge in [-0.1, -0.05) is 11.6 Å². The number of benzene rings is 1. The van der Waals surface area contributed by atoms with E-state index < -0.39 is 0 Å². The molecule has 1 aromatic carbocycles. The van der Waals surface area contributed by atoms with Gasteiger partial charge in [0.25, 0.3) is 5.91 Å². The van der Waals surface area contributed by atoms with Gasteiger partial charge in [-0.3, -0.25) is 4.79 Å². The van der Waals surface area contributed by atoms with Crippen molar-refractivity contribution in [3.63, 3.8) is 0 Å². The standard InChI is InChI=1S/C13H16ClIN2O/c1-16-10-3-2-6-17(8-10)13(18)11-7-9(15)4-5-12(11)14/h4-5,7,10,16H,2-3,6,8H2,1H3. The topological polar surface area (TPSA) is 32.3 Å². The fraction of sp³-hybridized carbons (Fsp3) is 0.462. The third-order valence-electron chi connectivity index (χ3n) is 3.28. The number of rotatable bonds is 2. The number of halogens is 2. The van der Waals surface area contributed by atoms with Gasteiger partial charge in [0.1, 0.15) is 0 Å². The van der Waals surface area contributed by atoms with Crippen molar-refractivity contribution >= 4 is 40.1 Å². The van der Waals surface area contributed by atoms with E-state index in [1.54, 1.807) is 6.07 Å². The van der Waals surface area contributed by atoms with E-state index >= 15 is 0 Å². The molecule has 0 aliphatic carbocycles. The molecule has 3 nitrogen and oxygen atoms in total. The highest BCUT2D eigenvalue weighted by molar-refractivity contribution is 14.1. The highest BCUT2D eigenvalue weighted by atomic mass is 127. The summed E-state index contributed by atoms with van der Waals surface area (Å²) in [5.41, 5.74) is 0.611. The van der Waals surface area contributed by atoms with E-state index in [9.17, 15) is 4.79 Å². The van der Waals surface area contributed by atoms with Crippen molar-refractivity contribution in [1.82, 2.24) is 10.2 Å². The van der Waals surface area contributed by atoms with Crippen LogP contribution in [0.3, 0.4) is 0 Å². The Morgan fingerprint density at radius 2 is 2.33 bits per heavy atom. The lowest BCUT2D eigenvalue weighted by atomic mass is 10.0. The molecule has 1 atom stereocenters. The van der Waals surface area contributed by atoms with E-state index in [0.717, 1.165) is 29.5 Å². The van der Waals surface area contributed by atoms with Crippen molar-refractivity contribution in [2.45, 2.75) is 18.9 Å². The number of hydrogen-bond donors (Lipinski definition) is 1. The molecule has 0 bridgehead atoms. The van der Waals surface area contributed by atoms with Gasteiger partial charge in [0.15, 0.2) is 0 Å². The molecule has 1 heterocycles. The number of piperidine rings is 1. The third kappa shape index (κ3) is 3.16. The molecule has 1 aliphatic rings. The summed E-state index contributed by atoms with van der Waals surface area (Å²) in [4.78, 5) is 14.3. The summed E-state index contributed by atoms with van der Waals surface area (Å²) >= 11 is 8.31. The lowest BCUT2D eigenvalue weighted by molar-refractivity contribution is 0.0698. The maximum Gasteiger partial charge on any atom is 0.255 e. The van der Waals surface area contributed by atoms with Crippen molar-refractivity contribution in [2.24, 2.45) is 0 Å². The smallest absolute Gasteiger partial charge is 0.255 e. The van der Waals surface area contributed by atoms with E-state index in [-0.39, 0.29) is 5.91 Å². The second kappa shape index (κ2) is 6.21. The Balaban J connectivity index is 2.17. The first-order valence-corrected chi connectivity index (χ1v) is 7.49.